The molecule has 1 atom stereocenters. The van der Waals surface area contributed by atoms with E-state index in [2.05, 4.69) is 5.32 Å². The summed E-state index contributed by atoms with van der Waals surface area (Å²) in [6.45, 7) is 0.474. The molecule has 3 aromatic rings. The Morgan fingerprint density at radius 1 is 0.955 bits per heavy atom. The van der Waals surface area contributed by atoms with Crippen LogP contribution in [0, 0.1) is 0 Å². The molecule has 1 aliphatic carbocycles. The highest BCUT2D eigenvalue weighted by Gasteiger charge is 2.36. The van der Waals surface area contributed by atoms with Crippen LogP contribution in [0.1, 0.15) is 50.2 Å². The summed E-state index contributed by atoms with van der Waals surface area (Å²) in [5.41, 5.74) is -1.10. The van der Waals surface area contributed by atoms with Crippen LogP contribution in [0.25, 0.3) is 0 Å². The molecule has 0 aromatic heterocycles. The second-order valence-electron chi connectivity index (χ2n) is 10.7. The van der Waals surface area contributed by atoms with Crippen molar-refractivity contribution < 1.29 is 31.2 Å². The van der Waals surface area contributed by atoms with Crippen LogP contribution in [0.2, 0.25) is 10.0 Å². The topological polar surface area (TPSA) is 86.8 Å². The van der Waals surface area contributed by atoms with Gasteiger partial charge >= 0.3 is 6.18 Å². The van der Waals surface area contributed by atoms with Gasteiger partial charge in [-0.3, -0.25) is 13.9 Å². The van der Waals surface area contributed by atoms with Gasteiger partial charge in [-0.25, -0.2) is 8.42 Å². The zero-order valence-electron chi connectivity index (χ0n) is 23.9. The van der Waals surface area contributed by atoms with E-state index in [0.717, 1.165) is 44.2 Å². The summed E-state index contributed by atoms with van der Waals surface area (Å²) in [5.74, 6) is -1.26. The molecule has 236 valence electrons. The molecule has 0 saturated heterocycles. The van der Waals surface area contributed by atoms with Crippen molar-refractivity contribution in [3.8, 4) is 0 Å². The number of sulfonamides is 1. The molecular formula is C31H32Cl2F3N3O4S. The first kappa shape index (κ1) is 33.6. The summed E-state index contributed by atoms with van der Waals surface area (Å²) >= 11 is 12.5. The Kier molecular flexibility index (Phi) is 10.9. The predicted octanol–water partition coefficient (Wildman–Crippen LogP) is 7.07. The van der Waals surface area contributed by atoms with Crippen molar-refractivity contribution in [2.75, 3.05) is 10.8 Å². The number of nitrogens with one attached hydrogen (secondary N) is 1. The van der Waals surface area contributed by atoms with Gasteiger partial charge in [-0.2, -0.15) is 13.2 Å². The average Bonchev–Trinajstić information content (AvgIpc) is 2.99. The molecule has 3 aromatic carbocycles. The molecule has 0 spiro atoms. The van der Waals surface area contributed by atoms with Gasteiger partial charge in [-0.05, 0) is 67.8 Å². The van der Waals surface area contributed by atoms with Crippen LogP contribution in [0.3, 0.4) is 0 Å². The quantitative estimate of drug-likeness (QED) is 0.250. The molecule has 7 nitrogen and oxygen atoms in total. The van der Waals surface area contributed by atoms with Gasteiger partial charge < -0.3 is 10.2 Å². The minimum absolute atomic E-state index is 0.0549. The summed E-state index contributed by atoms with van der Waals surface area (Å²) in [4.78, 5) is 28.4. The smallest absolute Gasteiger partial charge is 0.352 e. The minimum atomic E-state index is -4.81. The Balaban J connectivity index is 1.75. The number of nitrogens with zero attached hydrogens (tertiary/aromatic N) is 2. The molecule has 1 saturated carbocycles. The zero-order chi connectivity index (χ0) is 32.1. The fourth-order valence-corrected chi connectivity index (χ4v) is 7.03. The molecule has 0 aliphatic heterocycles. The maximum Gasteiger partial charge on any atom is 0.416 e. The highest BCUT2D eigenvalue weighted by molar-refractivity contribution is 7.92. The third-order valence-electron chi connectivity index (χ3n) is 7.51. The van der Waals surface area contributed by atoms with E-state index in [1.165, 1.54) is 36.1 Å². The van der Waals surface area contributed by atoms with E-state index in [9.17, 15) is 31.2 Å². The van der Waals surface area contributed by atoms with Gasteiger partial charge in [0, 0.05) is 17.6 Å². The Labute approximate surface area is 265 Å². The highest BCUT2D eigenvalue weighted by atomic mass is 35.5. The summed E-state index contributed by atoms with van der Waals surface area (Å²) < 4.78 is 69.4. The number of carbonyl (C=O) groups is 2. The van der Waals surface area contributed by atoms with Gasteiger partial charge in [0.25, 0.3) is 10.0 Å². The lowest BCUT2D eigenvalue weighted by Gasteiger charge is -2.33. The minimum Gasteiger partial charge on any atom is -0.352 e. The first-order valence-electron chi connectivity index (χ1n) is 14.1. The van der Waals surface area contributed by atoms with Crippen LogP contribution in [0.15, 0.2) is 77.7 Å². The van der Waals surface area contributed by atoms with Crippen LogP contribution >= 0.6 is 23.2 Å². The van der Waals surface area contributed by atoms with Gasteiger partial charge in [-0.1, -0.05) is 72.8 Å². The molecule has 13 heteroatoms. The van der Waals surface area contributed by atoms with Crippen LogP contribution in [-0.2, 0) is 32.3 Å². The monoisotopic (exact) mass is 669 g/mol. The van der Waals surface area contributed by atoms with E-state index in [1.807, 2.05) is 0 Å². The lowest BCUT2D eigenvalue weighted by atomic mass is 9.95. The highest BCUT2D eigenvalue weighted by Crippen LogP contribution is 2.37. The van der Waals surface area contributed by atoms with Gasteiger partial charge in [0.15, 0.2) is 0 Å². The first-order valence-corrected chi connectivity index (χ1v) is 16.3. The van der Waals surface area contributed by atoms with Crippen LogP contribution in [-0.4, -0.2) is 43.8 Å². The van der Waals surface area contributed by atoms with Crippen molar-refractivity contribution in [1.82, 2.24) is 10.2 Å². The lowest BCUT2D eigenvalue weighted by Crippen LogP contribution is -2.53. The van der Waals surface area contributed by atoms with E-state index in [1.54, 1.807) is 30.3 Å². The average molecular weight is 671 g/mol. The molecule has 0 radical (unpaired) electrons. The van der Waals surface area contributed by atoms with E-state index in [0.29, 0.717) is 21.0 Å². The number of carbonyl (C=O) groups excluding carboxylic acids is 2. The Bertz CT molecular complexity index is 1580. The largest absolute Gasteiger partial charge is 0.416 e. The summed E-state index contributed by atoms with van der Waals surface area (Å²) in [6.07, 6.45) is -0.195. The number of halogens is 5. The number of benzene rings is 3. The molecule has 0 heterocycles. The molecule has 0 bridgehead atoms. The maximum absolute atomic E-state index is 14.1. The van der Waals surface area contributed by atoms with Crippen molar-refractivity contribution in [2.45, 2.75) is 68.7 Å². The Hall–Kier alpha value is -3.28. The number of alkyl halides is 3. The maximum atomic E-state index is 14.1. The standard InChI is InChI=1S/C31H32Cl2F3N3O4S/c1-21(30(41)37-25-11-4-2-5-12-25)38(19-22-9-8-10-24(32)17-22)29(40)20-39(44(42,43)26-13-6-3-7-14-26)28-18-23(31(34,35)36)15-16-27(28)33/h3,6-10,13-18,21,25H,2,4-5,11-12,19-20H2,1H3,(H,37,41). The summed E-state index contributed by atoms with van der Waals surface area (Å²) in [5, 5.41) is 3.07. The first-order chi connectivity index (χ1) is 20.8. The van der Waals surface area contributed by atoms with E-state index in [-0.39, 0.29) is 22.5 Å². The normalized spacial score (nSPS) is 15.0. The number of amides is 2. The molecule has 1 aliphatic rings. The van der Waals surface area contributed by atoms with E-state index >= 15 is 0 Å². The van der Waals surface area contributed by atoms with Crippen LogP contribution < -0.4 is 9.62 Å². The summed E-state index contributed by atoms with van der Waals surface area (Å²) in [7, 11) is -4.60. The van der Waals surface area contributed by atoms with Crippen LogP contribution in [0.5, 0.6) is 0 Å². The van der Waals surface area contributed by atoms with Gasteiger partial charge in [0.2, 0.25) is 11.8 Å². The fourth-order valence-electron chi connectivity index (χ4n) is 5.10. The van der Waals surface area contributed by atoms with Gasteiger partial charge in [-0.15, -0.1) is 0 Å². The van der Waals surface area contributed by atoms with Crippen molar-refractivity contribution in [3.63, 3.8) is 0 Å². The Morgan fingerprint density at radius 2 is 1.64 bits per heavy atom. The molecule has 44 heavy (non-hydrogen) atoms. The second-order valence-corrected chi connectivity index (χ2v) is 13.4. The van der Waals surface area contributed by atoms with Gasteiger partial charge in [0.1, 0.15) is 12.6 Å². The van der Waals surface area contributed by atoms with Crippen molar-refractivity contribution in [3.05, 3.63) is 94.0 Å². The number of hydrogen-bond acceptors (Lipinski definition) is 4. The van der Waals surface area contributed by atoms with Crippen molar-refractivity contribution >= 4 is 50.7 Å². The lowest BCUT2D eigenvalue weighted by molar-refractivity contribution is -0.139. The molecular weight excluding hydrogens is 638 g/mol. The third-order valence-corrected chi connectivity index (χ3v) is 9.84. The van der Waals surface area contributed by atoms with E-state index in [4.69, 9.17) is 23.2 Å². The van der Waals surface area contributed by atoms with Gasteiger partial charge in [0.05, 0.1) is 21.2 Å². The molecule has 1 unspecified atom stereocenters. The second kappa shape index (κ2) is 14.2. The number of rotatable bonds is 10. The fraction of sp³-hybridized carbons (Fsp3) is 0.355. The molecule has 4 rings (SSSR count). The molecule has 1 fully saturated rings. The Morgan fingerprint density at radius 3 is 2.27 bits per heavy atom. The SMILES string of the molecule is CC(C(=O)NC1CCCCC1)N(Cc1cccc(Cl)c1)C(=O)CN(c1cc(C(F)(F)F)ccc1Cl)S(=O)(=O)c1ccccc1. The van der Waals surface area contributed by atoms with Crippen molar-refractivity contribution in [1.29, 1.82) is 0 Å². The molecule has 2 amide bonds. The third kappa shape index (κ3) is 8.25. The predicted molar refractivity (Wildman–Crippen MR) is 164 cm³/mol. The van der Waals surface area contributed by atoms with E-state index < -0.39 is 51.9 Å². The summed E-state index contributed by atoms with van der Waals surface area (Å²) in [6, 6.07) is 14.7. The zero-order valence-corrected chi connectivity index (χ0v) is 26.2. The number of hydrogen-bond donors (Lipinski definition) is 1. The number of anilines is 1. The molecule has 1 N–H and O–H groups in total. The van der Waals surface area contributed by atoms with Crippen molar-refractivity contribution in [2.24, 2.45) is 0 Å². The van der Waals surface area contributed by atoms with Crippen LogP contribution in [0.4, 0.5) is 18.9 Å².